The minimum Gasteiger partial charge on any atom is -0.493 e. The number of para-hydroxylation sites is 1. The maximum absolute atomic E-state index is 5.94. The van der Waals surface area contributed by atoms with Gasteiger partial charge in [0.15, 0.2) is 0 Å². The number of aromatic nitrogens is 3. The van der Waals surface area contributed by atoms with Gasteiger partial charge in [-0.3, -0.25) is 0 Å². The van der Waals surface area contributed by atoms with E-state index in [9.17, 15) is 0 Å². The molecule has 29 heavy (non-hydrogen) atoms. The van der Waals surface area contributed by atoms with E-state index in [0.717, 1.165) is 33.5 Å². The summed E-state index contributed by atoms with van der Waals surface area (Å²) in [7, 11) is 0. The average molecular weight is 444 g/mol. The van der Waals surface area contributed by atoms with Crippen molar-refractivity contribution in [2.24, 2.45) is 0 Å². The summed E-state index contributed by atoms with van der Waals surface area (Å²) in [6.07, 6.45) is 0.797. The Balaban J connectivity index is 1.38. The first-order valence-electron chi connectivity index (χ1n) is 9.07. The van der Waals surface area contributed by atoms with Gasteiger partial charge in [0.2, 0.25) is 0 Å². The van der Waals surface area contributed by atoms with Crippen LogP contribution in [0.5, 0.6) is 5.75 Å². The Morgan fingerprint density at radius 3 is 2.76 bits per heavy atom. The van der Waals surface area contributed by atoms with E-state index in [-0.39, 0.29) is 0 Å². The van der Waals surface area contributed by atoms with Crippen molar-refractivity contribution >= 4 is 34.7 Å². The van der Waals surface area contributed by atoms with Crippen molar-refractivity contribution in [1.82, 2.24) is 15.2 Å². The average Bonchev–Trinajstić information content (AvgIpc) is 3.38. The number of hydrogen-bond donors (Lipinski definition) is 0. The van der Waals surface area contributed by atoms with Crippen LogP contribution >= 0.6 is 34.7 Å². The molecule has 4 rings (SSSR count). The zero-order chi connectivity index (χ0) is 20.1. The van der Waals surface area contributed by atoms with Crippen LogP contribution in [0.25, 0.3) is 11.5 Å². The molecule has 0 radical (unpaired) electrons. The van der Waals surface area contributed by atoms with E-state index in [4.69, 9.17) is 25.7 Å². The van der Waals surface area contributed by atoms with Crippen LogP contribution < -0.4 is 4.74 Å². The van der Waals surface area contributed by atoms with Gasteiger partial charge in [-0.25, -0.2) is 4.98 Å². The third kappa shape index (κ3) is 5.18. The minimum absolute atomic E-state index is 0.457. The van der Waals surface area contributed by atoms with Gasteiger partial charge < -0.3 is 9.15 Å². The van der Waals surface area contributed by atoms with Crippen molar-refractivity contribution in [3.63, 3.8) is 0 Å². The van der Waals surface area contributed by atoms with Crippen LogP contribution in [-0.2, 0) is 12.2 Å². The second-order valence-corrected chi connectivity index (χ2v) is 8.43. The molecule has 0 saturated heterocycles. The van der Waals surface area contributed by atoms with Gasteiger partial charge in [0.05, 0.1) is 22.9 Å². The second kappa shape index (κ2) is 9.43. The monoisotopic (exact) mass is 443 g/mol. The van der Waals surface area contributed by atoms with Gasteiger partial charge in [0.25, 0.3) is 11.1 Å². The maximum Gasteiger partial charge on any atom is 0.277 e. The summed E-state index contributed by atoms with van der Waals surface area (Å²) in [6, 6.07) is 15.5. The molecule has 0 aliphatic carbocycles. The largest absolute Gasteiger partial charge is 0.493 e. The van der Waals surface area contributed by atoms with Crippen LogP contribution in [-0.4, -0.2) is 21.8 Å². The first-order chi connectivity index (χ1) is 14.2. The predicted molar refractivity (Wildman–Crippen MR) is 117 cm³/mol. The van der Waals surface area contributed by atoms with Crippen LogP contribution in [0.2, 0.25) is 5.02 Å². The maximum atomic E-state index is 5.94. The van der Waals surface area contributed by atoms with E-state index in [0.29, 0.717) is 23.5 Å². The summed E-state index contributed by atoms with van der Waals surface area (Å²) in [4.78, 5) is 4.70. The summed E-state index contributed by atoms with van der Waals surface area (Å²) < 4.78 is 11.5. The standard InChI is InChI=1S/C21H18ClN3O2S2/c1-2-26-18-6-4-3-5-17(18)20-24-25-21(27-20)29-13-16-12-28-19(23-16)11-14-7-9-15(22)10-8-14/h3-10,12H,2,11,13H2,1H3. The lowest BCUT2D eigenvalue weighted by Crippen LogP contribution is -1.93. The van der Waals surface area contributed by atoms with Gasteiger partial charge in [-0.2, -0.15) is 0 Å². The van der Waals surface area contributed by atoms with E-state index in [2.05, 4.69) is 15.6 Å². The molecule has 8 heteroatoms. The highest BCUT2D eigenvalue weighted by Gasteiger charge is 2.14. The Kier molecular flexibility index (Phi) is 6.49. The Morgan fingerprint density at radius 2 is 1.93 bits per heavy atom. The number of rotatable bonds is 8. The van der Waals surface area contributed by atoms with E-state index < -0.39 is 0 Å². The minimum atomic E-state index is 0.457. The van der Waals surface area contributed by atoms with Crippen LogP contribution in [0.4, 0.5) is 0 Å². The molecule has 148 valence electrons. The van der Waals surface area contributed by atoms with Crippen LogP contribution in [0.15, 0.2) is 63.6 Å². The molecule has 2 heterocycles. The molecule has 0 fully saturated rings. The molecular weight excluding hydrogens is 426 g/mol. The smallest absolute Gasteiger partial charge is 0.277 e. The van der Waals surface area contributed by atoms with E-state index in [1.807, 2.05) is 55.5 Å². The van der Waals surface area contributed by atoms with Crippen molar-refractivity contribution in [3.8, 4) is 17.2 Å². The molecule has 0 spiro atoms. The highest BCUT2D eigenvalue weighted by atomic mass is 35.5. The second-order valence-electron chi connectivity index (χ2n) is 6.13. The zero-order valence-electron chi connectivity index (χ0n) is 15.7. The molecule has 0 aliphatic rings. The molecule has 2 aromatic carbocycles. The first kappa shape index (κ1) is 19.9. The number of nitrogens with zero attached hydrogens (tertiary/aromatic N) is 3. The molecular formula is C21H18ClN3O2S2. The van der Waals surface area contributed by atoms with E-state index >= 15 is 0 Å². The van der Waals surface area contributed by atoms with Crippen molar-refractivity contribution in [1.29, 1.82) is 0 Å². The normalized spacial score (nSPS) is 11.0. The fraction of sp³-hybridized carbons (Fsp3) is 0.190. The molecule has 0 unspecified atom stereocenters. The van der Waals surface area contributed by atoms with Gasteiger partial charge in [-0.1, -0.05) is 47.6 Å². The first-order valence-corrected chi connectivity index (χ1v) is 11.3. The fourth-order valence-electron chi connectivity index (χ4n) is 2.71. The van der Waals surface area contributed by atoms with Crippen molar-refractivity contribution in [2.75, 3.05) is 6.61 Å². The van der Waals surface area contributed by atoms with Gasteiger partial charge in [-0.15, -0.1) is 21.5 Å². The summed E-state index contributed by atoms with van der Waals surface area (Å²) in [5.74, 6) is 1.87. The summed E-state index contributed by atoms with van der Waals surface area (Å²) in [5.41, 5.74) is 2.99. The van der Waals surface area contributed by atoms with Crippen LogP contribution in [0.1, 0.15) is 23.2 Å². The third-order valence-electron chi connectivity index (χ3n) is 4.04. The number of ether oxygens (including phenoxy) is 1. The van der Waals surface area contributed by atoms with E-state index in [1.54, 1.807) is 11.3 Å². The SMILES string of the molecule is CCOc1ccccc1-c1nnc(SCc2csc(Cc3ccc(Cl)cc3)n2)o1. The highest BCUT2D eigenvalue weighted by molar-refractivity contribution is 7.98. The van der Waals surface area contributed by atoms with Gasteiger partial charge >= 0.3 is 0 Å². The van der Waals surface area contributed by atoms with E-state index in [1.165, 1.54) is 17.3 Å². The zero-order valence-corrected chi connectivity index (χ0v) is 18.1. The quantitative estimate of drug-likeness (QED) is 0.305. The molecule has 0 aliphatic heterocycles. The number of halogens is 1. The third-order valence-corrected chi connectivity index (χ3v) is 6.04. The molecule has 0 bridgehead atoms. The number of benzene rings is 2. The number of hydrogen-bond acceptors (Lipinski definition) is 7. The van der Waals surface area contributed by atoms with Crippen LogP contribution in [0, 0.1) is 0 Å². The van der Waals surface area contributed by atoms with Crippen molar-refractivity contribution in [3.05, 3.63) is 75.2 Å². The lowest BCUT2D eigenvalue weighted by molar-refractivity contribution is 0.340. The number of thiazole rings is 1. The molecule has 4 aromatic rings. The Labute approximate surface area is 182 Å². The number of thioether (sulfide) groups is 1. The van der Waals surface area contributed by atoms with Gasteiger partial charge in [0, 0.05) is 22.6 Å². The Hall–Kier alpha value is -2.35. The topological polar surface area (TPSA) is 61.0 Å². The molecule has 0 amide bonds. The molecule has 0 atom stereocenters. The Bertz CT molecular complexity index is 1080. The fourth-order valence-corrected chi connectivity index (χ4v) is 4.43. The molecule has 0 saturated carbocycles. The van der Waals surface area contributed by atoms with Crippen LogP contribution in [0.3, 0.4) is 0 Å². The van der Waals surface area contributed by atoms with Crippen molar-refractivity contribution < 1.29 is 9.15 Å². The summed E-state index contributed by atoms with van der Waals surface area (Å²) >= 11 is 9.07. The Morgan fingerprint density at radius 1 is 1.10 bits per heavy atom. The molecule has 2 aromatic heterocycles. The lowest BCUT2D eigenvalue weighted by Gasteiger charge is -2.05. The highest BCUT2D eigenvalue weighted by Crippen LogP contribution is 2.31. The van der Waals surface area contributed by atoms with Gasteiger partial charge in [-0.05, 0) is 36.8 Å². The van der Waals surface area contributed by atoms with Crippen molar-refractivity contribution in [2.45, 2.75) is 24.3 Å². The summed E-state index contributed by atoms with van der Waals surface area (Å²) in [5, 5.41) is 12.7. The molecule has 0 N–H and O–H groups in total. The molecule has 5 nitrogen and oxygen atoms in total. The van der Waals surface area contributed by atoms with Gasteiger partial charge in [0.1, 0.15) is 5.75 Å². The predicted octanol–water partition coefficient (Wildman–Crippen LogP) is 6.13. The summed E-state index contributed by atoms with van der Waals surface area (Å²) in [6.45, 7) is 2.52. The lowest BCUT2D eigenvalue weighted by atomic mass is 10.2.